The van der Waals surface area contributed by atoms with E-state index in [0.29, 0.717) is 10.5 Å². The van der Waals surface area contributed by atoms with Crippen LogP contribution in [0.2, 0.25) is 10.2 Å². The Morgan fingerprint density at radius 1 is 1.19 bits per heavy atom. The van der Waals surface area contributed by atoms with Crippen LogP contribution in [0.4, 0.5) is 13.2 Å². The molecule has 3 aromatic rings. The normalized spacial score (nSPS) is 11.6. The van der Waals surface area contributed by atoms with Crippen LogP contribution in [0.15, 0.2) is 24.5 Å². The van der Waals surface area contributed by atoms with Crippen molar-refractivity contribution >= 4 is 34.1 Å². The molecular formula is C16H10Cl2F3N5O. The first-order valence-electron chi connectivity index (χ1n) is 7.60. The molecule has 0 unspecified atom stereocenters. The maximum absolute atomic E-state index is 12.4. The molecule has 0 fully saturated rings. The van der Waals surface area contributed by atoms with Gasteiger partial charge in [-0.1, -0.05) is 23.2 Å². The molecule has 140 valence electrons. The number of aromatic nitrogens is 4. The monoisotopic (exact) mass is 415 g/mol. The molecule has 0 spiro atoms. The van der Waals surface area contributed by atoms with E-state index in [-0.39, 0.29) is 40.8 Å². The number of benzene rings is 1. The molecule has 0 aliphatic carbocycles. The number of alkyl halides is 3. The number of nitrogens with zero attached hydrogens (tertiary/aromatic N) is 5. The summed E-state index contributed by atoms with van der Waals surface area (Å²) >= 11 is 11.8. The maximum atomic E-state index is 12.4. The third kappa shape index (κ3) is 4.40. The van der Waals surface area contributed by atoms with Crippen LogP contribution in [0.25, 0.3) is 10.9 Å². The highest BCUT2D eigenvalue weighted by molar-refractivity contribution is 6.35. The Morgan fingerprint density at radius 3 is 2.52 bits per heavy atom. The second kappa shape index (κ2) is 7.58. The molecule has 3 rings (SSSR count). The van der Waals surface area contributed by atoms with Crippen LogP contribution in [-0.4, -0.2) is 25.9 Å². The highest BCUT2D eigenvalue weighted by Gasteiger charge is 2.27. The van der Waals surface area contributed by atoms with Crippen LogP contribution >= 0.6 is 23.2 Å². The first-order chi connectivity index (χ1) is 12.8. The van der Waals surface area contributed by atoms with Gasteiger partial charge in [-0.25, -0.2) is 9.97 Å². The van der Waals surface area contributed by atoms with E-state index >= 15 is 0 Å². The van der Waals surface area contributed by atoms with E-state index in [9.17, 15) is 18.4 Å². The second-order valence-electron chi connectivity index (χ2n) is 5.47. The van der Waals surface area contributed by atoms with Gasteiger partial charge >= 0.3 is 12.2 Å². The summed E-state index contributed by atoms with van der Waals surface area (Å²) in [6.45, 7) is -0.0601. The van der Waals surface area contributed by atoms with Crippen molar-refractivity contribution in [1.82, 2.24) is 19.7 Å². The predicted molar refractivity (Wildman–Crippen MR) is 91.9 cm³/mol. The molecule has 1 aromatic carbocycles. The van der Waals surface area contributed by atoms with E-state index in [4.69, 9.17) is 27.9 Å². The van der Waals surface area contributed by atoms with Gasteiger partial charge < -0.3 is 4.74 Å². The summed E-state index contributed by atoms with van der Waals surface area (Å²) in [5.74, 6) is 0.206. The highest BCUT2D eigenvalue weighted by atomic mass is 35.5. The zero-order chi connectivity index (χ0) is 19.6. The minimum Gasteiger partial charge on any atom is -0.422 e. The zero-order valence-electron chi connectivity index (χ0n) is 13.5. The molecule has 0 saturated heterocycles. The summed E-state index contributed by atoms with van der Waals surface area (Å²) in [7, 11) is 0. The van der Waals surface area contributed by atoms with Crippen LogP contribution in [0.1, 0.15) is 18.4 Å². The second-order valence-corrected chi connectivity index (χ2v) is 6.26. The molecule has 0 aliphatic heterocycles. The van der Waals surface area contributed by atoms with Crippen LogP contribution in [-0.2, 0) is 6.54 Å². The minimum absolute atomic E-state index is 0.00367. The Bertz CT molecular complexity index is 1010. The lowest BCUT2D eigenvalue weighted by Crippen LogP contribution is -2.10. The Labute approximate surface area is 161 Å². The Balaban J connectivity index is 2.02. The number of halogens is 5. The molecule has 0 radical (unpaired) electrons. The van der Waals surface area contributed by atoms with Crippen molar-refractivity contribution in [3.05, 3.63) is 40.3 Å². The van der Waals surface area contributed by atoms with E-state index in [1.165, 1.54) is 29.2 Å². The Morgan fingerprint density at radius 2 is 1.89 bits per heavy atom. The average molecular weight is 416 g/mol. The van der Waals surface area contributed by atoms with Gasteiger partial charge in [0.1, 0.15) is 5.52 Å². The number of aryl methyl sites for hydroxylation is 1. The van der Waals surface area contributed by atoms with Crippen LogP contribution < -0.4 is 4.74 Å². The van der Waals surface area contributed by atoms with E-state index in [1.807, 2.05) is 6.07 Å². The Hall–Kier alpha value is -2.57. The molecule has 27 heavy (non-hydrogen) atoms. The molecule has 2 aromatic heterocycles. The van der Waals surface area contributed by atoms with Crippen molar-refractivity contribution in [2.24, 2.45) is 0 Å². The van der Waals surface area contributed by atoms with E-state index in [2.05, 4.69) is 15.1 Å². The third-order valence-electron chi connectivity index (χ3n) is 3.56. The summed E-state index contributed by atoms with van der Waals surface area (Å²) in [6, 6.07) is 4.91. The molecule has 11 heteroatoms. The van der Waals surface area contributed by atoms with Crippen molar-refractivity contribution in [1.29, 1.82) is 5.26 Å². The van der Waals surface area contributed by atoms with Crippen molar-refractivity contribution in [3.63, 3.8) is 0 Å². The molecular weight excluding hydrogens is 406 g/mol. The summed E-state index contributed by atoms with van der Waals surface area (Å²) in [5, 5.41) is 13.9. The van der Waals surface area contributed by atoms with Crippen molar-refractivity contribution < 1.29 is 17.9 Å². The molecule has 0 aliphatic rings. The summed E-state index contributed by atoms with van der Waals surface area (Å²) < 4.78 is 44.2. The number of fused-ring (bicyclic) bond motifs is 1. The van der Waals surface area contributed by atoms with Crippen LogP contribution in [0.3, 0.4) is 0 Å². The summed E-state index contributed by atoms with van der Waals surface area (Å²) in [4.78, 5) is 7.82. The lowest BCUT2D eigenvalue weighted by atomic mass is 10.1. The predicted octanol–water partition coefficient (Wildman–Crippen LogP) is 5.14. The number of ether oxygens (including phenoxy) is 1. The van der Waals surface area contributed by atoms with Gasteiger partial charge in [-0.3, -0.25) is 4.68 Å². The topological polar surface area (TPSA) is 76.6 Å². The van der Waals surface area contributed by atoms with Crippen LogP contribution in [0.5, 0.6) is 11.8 Å². The maximum Gasteiger partial charge on any atom is 0.389 e. The number of rotatable bonds is 5. The average Bonchev–Trinajstić information content (AvgIpc) is 2.93. The van der Waals surface area contributed by atoms with Crippen molar-refractivity contribution in [2.75, 3.05) is 0 Å². The van der Waals surface area contributed by atoms with Gasteiger partial charge in [-0.2, -0.15) is 23.5 Å². The highest BCUT2D eigenvalue weighted by Crippen LogP contribution is 2.35. The van der Waals surface area contributed by atoms with E-state index < -0.39 is 12.6 Å². The van der Waals surface area contributed by atoms with E-state index in [0.717, 1.165) is 0 Å². The van der Waals surface area contributed by atoms with Gasteiger partial charge in [0.15, 0.2) is 10.9 Å². The Kier molecular flexibility index (Phi) is 5.39. The fourth-order valence-electron chi connectivity index (χ4n) is 2.46. The molecule has 0 N–H and O–H groups in total. The van der Waals surface area contributed by atoms with Gasteiger partial charge in [0.05, 0.1) is 34.4 Å². The standard InChI is InChI=1S/C16H10Cl2F3N5O/c17-10-7-23-15(24-8-10)27-11-3-2-9(6-22)12-13(11)26(25-14(12)18)5-1-4-16(19,20)21/h2-3,7-8H,1,4-5H2. The molecule has 0 atom stereocenters. The fraction of sp³-hybridized carbons (Fsp3) is 0.250. The molecule has 0 bridgehead atoms. The molecule has 0 amide bonds. The third-order valence-corrected chi connectivity index (χ3v) is 4.02. The van der Waals surface area contributed by atoms with Crippen molar-refractivity contribution in [2.45, 2.75) is 25.6 Å². The minimum atomic E-state index is -4.28. The molecule has 6 nitrogen and oxygen atoms in total. The fourth-order valence-corrected chi connectivity index (χ4v) is 2.84. The van der Waals surface area contributed by atoms with Gasteiger partial charge in [0.25, 0.3) is 0 Å². The SMILES string of the molecule is N#Cc1ccc(Oc2ncc(Cl)cn2)c2c1c(Cl)nn2CCCC(F)(F)F. The smallest absolute Gasteiger partial charge is 0.389 e. The van der Waals surface area contributed by atoms with Gasteiger partial charge in [0, 0.05) is 13.0 Å². The lowest BCUT2D eigenvalue weighted by Gasteiger charge is -2.10. The first kappa shape index (κ1) is 19.2. The quantitative estimate of drug-likeness (QED) is 0.576. The van der Waals surface area contributed by atoms with Crippen LogP contribution in [0, 0.1) is 11.3 Å². The number of nitriles is 1. The largest absolute Gasteiger partial charge is 0.422 e. The summed E-state index contributed by atoms with van der Waals surface area (Å²) in [5.41, 5.74) is 0.515. The van der Waals surface area contributed by atoms with Crippen molar-refractivity contribution in [3.8, 4) is 17.8 Å². The van der Waals surface area contributed by atoms with Gasteiger partial charge in [-0.05, 0) is 18.6 Å². The molecule has 2 heterocycles. The van der Waals surface area contributed by atoms with Gasteiger partial charge in [0.2, 0.25) is 0 Å². The first-order valence-corrected chi connectivity index (χ1v) is 8.35. The number of hydrogen-bond donors (Lipinski definition) is 0. The summed E-state index contributed by atoms with van der Waals surface area (Å²) in [6.07, 6.45) is -2.79. The molecule has 0 saturated carbocycles. The number of hydrogen-bond acceptors (Lipinski definition) is 5. The van der Waals surface area contributed by atoms with E-state index in [1.54, 1.807) is 0 Å². The zero-order valence-corrected chi connectivity index (χ0v) is 15.0. The lowest BCUT2D eigenvalue weighted by molar-refractivity contribution is -0.135. The van der Waals surface area contributed by atoms with Gasteiger partial charge in [-0.15, -0.1) is 0 Å².